The fraction of sp³-hybridized carbons (Fsp3) is 0.259. The molecule has 1 fully saturated rings. The Balaban J connectivity index is 1.32. The van der Waals surface area contributed by atoms with E-state index in [-0.39, 0.29) is 12.2 Å². The summed E-state index contributed by atoms with van der Waals surface area (Å²) >= 11 is 6.27. The monoisotopic (exact) mass is 474 g/mol. The Labute approximate surface area is 203 Å². The highest BCUT2D eigenvalue weighted by Crippen LogP contribution is 2.29. The lowest BCUT2D eigenvalue weighted by atomic mass is 10.1. The molecule has 1 aliphatic heterocycles. The fourth-order valence-electron chi connectivity index (χ4n) is 4.38. The molecule has 2 N–H and O–H groups in total. The average molecular weight is 475 g/mol. The number of halogens is 1. The number of aromatic amines is 1. The first-order valence-corrected chi connectivity index (χ1v) is 11.8. The van der Waals surface area contributed by atoms with Gasteiger partial charge in [0.1, 0.15) is 11.9 Å². The number of nitrogens with zero attached hydrogens (tertiary/aromatic N) is 3. The van der Waals surface area contributed by atoms with E-state index in [1.807, 2.05) is 37.3 Å². The number of H-pyrrole nitrogens is 1. The van der Waals surface area contributed by atoms with Gasteiger partial charge in [0.25, 0.3) is 0 Å². The van der Waals surface area contributed by atoms with Crippen LogP contribution in [0.3, 0.4) is 0 Å². The molecular formula is C27H27ClN4O2. The van der Waals surface area contributed by atoms with Gasteiger partial charge in [0.05, 0.1) is 22.3 Å². The number of hydrogen-bond donors (Lipinski definition) is 2. The SMILES string of the molecule is C[C@@H](Oc1ccc2[nH]nc(/C=C/c3cccc(CN4CCC(O)C4)c3)c2c1)c1ccncc1Cl. The molecule has 0 spiro atoms. The molecule has 2 aromatic carbocycles. The lowest BCUT2D eigenvalue weighted by Crippen LogP contribution is -2.21. The standard InChI is InChI=1S/C27H27ClN4O2/c1-18(23-9-11-29-15-25(23)28)34-22-6-8-27-24(14-22)26(30-31-27)7-5-19-3-2-4-20(13-19)16-32-12-10-21(33)17-32/h2-9,11,13-15,18,21,33H,10,12,16-17H2,1H3,(H,30,31)/b7-5+/t18-,21?/m1/s1. The molecule has 1 saturated heterocycles. The Morgan fingerprint density at radius 2 is 2.15 bits per heavy atom. The van der Waals surface area contributed by atoms with Crippen molar-refractivity contribution < 1.29 is 9.84 Å². The molecule has 0 saturated carbocycles. The molecule has 174 valence electrons. The maximum absolute atomic E-state index is 9.77. The van der Waals surface area contributed by atoms with Gasteiger partial charge in [0.2, 0.25) is 0 Å². The van der Waals surface area contributed by atoms with Crippen LogP contribution in [0.15, 0.2) is 60.9 Å². The first kappa shape index (κ1) is 22.6. The van der Waals surface area contributed by atoms with Gasteiger partial charge >= 0.3 is 0 Å². The van der Waals surface area contributed by atoms with Gasteiger partial charge in [-0.1, -0.05) is 41.9 Å². The summed E-state index contributed by atoms with van der Waals surface area (Å²) in [7, 11) is 0. The highest BCUT2D eigenvalue weighted by atomic mass is 35.5. The molecule has 34 heavy (non-hydrogen) atoms. The topological polar surface area (TPSA) is 74.3 Å². The number of pyridine rings is 1. The minimum atomic E-state index is -0.210. The molecule has 2 aromatic heterocycles. The van der Waals surface area contributed by atoms with Crippen molar-refractivity contribution >= 4 is 34.7 Å². The van der Waals surface area contributed by atoms with Crippen molar-refractivity contribution in [3.05, 3.63) is 88.3 Å². The van der Waals surface area contributed by atoms with Gasteiger partial charge in [-0.15, -0.1) is 0 Å². The Morgan fingerprint density at radius 1 is 1.24 bits per heavy atom. The fourth-order valence-corrected chi connectivity index (χ4v) is 4.65. The second kappa shape index (κ2) is 9.97. The zero-order chi connectivity index (χ0) is 23.5. The van der Waals surface area contributed by atoms with Crippen LogP contribution in [0.2, 0.25) is 5.02 Å². The Morgan fingerprint density at radius 3 is 2.97 bits per heavy atom. The maximum Gasteiger partial charge on any atom is 0.122 e. The molecule has 5 rings (SSSR count). The second-order valence-corrected chi connectivity index (χ2v) is 9.14. The molecule has 0 radical (unpaired) electrons. The summed E-state index contributed by atoms with van der Waals surface area (Å²) in [5, 5.41) is 18.9. The highest BCUT2D eigenvalue weighted by molar-refractivity contribution is 6.31. The number of aliphatic hydroxyl groups excluding tert-OH is 1. The van der Waals surface area contributed by atoms with Crippen molar-refractivity contribution in [1.29, 1.82) is 0 Å². The zero-order valence-corrected chi connectivity index (χ0v) is 19.7. The summed E-state index contributed by atoms with van der Waals surface area (Å²) in [6, 6.07) is 16.2. The van der Waals surface area contributed by atoms with Crippen LogP contribution in [0.1, 0.15) is 41.8 Å². The third kappa shape index (κ3) is 5.14. The average Bonchev–Trinajstić information content (AvgIpc) is 3.43. The van der Waals surface area contributed by atoms with E-state index in [0.717, 1.165) is 59.5 Å². The summed E-state index contributed by atoms with van der Waals surface area (Å²) in [6.45, 7) is 4.51. The Bertz CT molecular complexity index is 1320. The van der Waals surface area contributed by atoms with Gasteiger partial charge in [-0.3, -0.25) is 15.0 Å². The van der Waals surface area contributed by atoms with Crippen molar-refractivity contribution in [2.75, 3.05) is 13.1 Å². The van der Waals surface area contributed by atoms with E-state index in [1.54, 1.807) is 12.4 Å². The van der Waals surface area contributed by atoms with E-state index in [2.05, 4.69) is 50.4 Å². The number of aromatic nitrogens is 3. The molecule has 0 amide bonds. The predicted octanol–water partition coefficient (Wildman–Crippen LogP) is 5.49. The van der Waals surface area contributed by atoms with Crippen LogP contribution in [0.5, 0.6) is 5.75 Å². The summed E-state index contributed by atoms with van der Waals surface area (Å²) < 4.78 is 6.16. The molecule has 1 aliphatic rings. The lowest BCUT2D eigenvalue weighted by Gasteiger charge is -2.16. The molecule has 2 atom stereocenters. The zero-order valence-electron chi connectivity index (χ0n) is 19.0. The summed E-state index contributed by atoms with van der Waals surface area (Å²) in [5.74, 6) is 0.749. The van der Waals surface area contributed by atoms with E-state index >= 15 is 0 Å². The van der Waals surface area contributed by atoms with Gasteiger partial charge < -0.3 is 9.84 Å². The normalized spacial score (nSPS) is 17.6. The highest BCUT2D eigenvalue weighted by Gasteiger charge is 2.19. The van der Waals surface area contributed by atoms with Crippen LogP contribution in [0, 0.1) is 0 Å². The van der Waals surface area contributed by atoms with Crippen LogP contribution >= 0.6 is 11.6 Å². The number of likely N-dealkylation sites (tertiary alicyclic amines) is 1. The lowest BCUT2D eigenvalue weighted by molar-refractivity contribution is 0.175. The van der Waals surface area contributed by atoms with Crippen molar-refractivity contribution in [1.82, 2.24) is 20.1 Å². The van der Waals surface area contributed by atoms with Gasteiger partial charge in [-0.25, -0.2) is 0 Å². The molecule has 1 unspecified atom stereocenters. The summed E-state index contributed by atoms with van der Waals surface area (Å²) in [4.78, 5) is 6.33. The minimum absolute atomic E-state index is 0.199. The van der Waals surface area contributed by atoms with E-state index in [9.17, 15) is 5.11 Å². The predicted molar refractivity (Wildman–Crippen MR) is 136 cm³/mol. The third-order valence-corrected chi connectivity index (χ3v) is 6.47. The number of hydrogen-bond acceptors (Lipinski definition) is 5. The van der Waals surface area contributed by atoms with E-state index in [1.165, 1.54) is 5.56 Å². The molecular weight excluding hydrogens is 448 g/mol. The van der Waals surface area contributed by atoms with Gasteiger partial charge in [-0.2, -0.15) is 5.10 Å². The van der Waals surface area contributed by atoms with Gasteiger partial charge in [-0.05, 0) is 54.8 Å². The van der Waals surface area contributed by atoms with Crippen LogP contribution in [-0.2, 0) is 6.54 Å². The quantitative estimate of drug-likeness (QED) is 0.370. The number of ether oxygens (including phenoxy) is 1. The smallest absolute Gasteiger partial charge is 0.122 e. The molecule has 4 aromatic rings. The second-order valence-electron chi connectivity index (χ2n) is 8.73. The van der Waals surface area contributed by atoms with Crippen LogP contribution < -0.4 is 4.74 Å². The largest absolute Gasteiger partial charge is 0.486 e. The number of aliphatic hydroxyl groups is 1. The molecule has 3 heterocycles. The molecule has 7 heteroatoms. The van der Waals surface area contributed by atoms with Crippen molar-refractivity contribution in [3.63, 3.8) is 0 Å². The van der Waals surface area contributed by atoms with Gasteiger partial charge in [0.15, 0.2) is 0 Å². The van der Waals surface area contributed by atoms with Crippen molar-refractivity contribution in [2.24, 2.45) is 0 Å². The number of benzene rings is 2. The number of rotatable bonds is 7. The number of nitrogens with one attached hydrogen (secondary N) is 1. The summed E-state index contributed by atoms with van der Waals surface area (Å²) in [6.07, 6.45) is 7.88. The Kier molecular flexibility index (Phi) is 6.63. The number of fused-ring (bicyclic) bond motifs is 1. The van der Waals surface area contributed by atoms with Gasteiger partial charge in [0, 0.05) is 43.0 Å². The van der Waals surface area contributed by atoms with Crippen LogP contribution in [0.25, 0.3) is 23.1 Å². The van der Waals surface area contributed by atoms with Crippen LogP contribution in [-0.4, -0.2) is 44.4 Å². The minimum Gasteiger partial charge on any atom is -0.486 e. The van der Waals surface area contributed by atoms with E-state index < -0.39 is 0 Å². The first-order chi connectivity index (χ1) is 16.5. The first-order valence-electron chi connectivity index (χ1n) is 11.5. The van der Waals surface area contributed by atoms with Crippen LogP contribution in [0.4, 0.5) is 0 Å². The third-order valence-electron chi connectivity index (χ3n) is 6.16. The maximum atomic E-state index is 9.77. The van der Waals surface area contributed by atoms with Crippen molar-refractivity contribution in [2.45, 2.75) is 32.1 Å². The summed E-state index contributed by atoms with van der Waals surface area (Å²) in [5.41, 5.74) is 5.04. The Hall–Kier alpha value is -3.19. The molecule has 0 aliphatic carbocycles. The molecule has 0 bridgehead atoms. The molecule has 6 nitrogen and oxygen atoms in total. The van der Waals surface area contributed by atoms with Crippen molar-refractivity contribution in [3.8, 4) is 5.75 Å². The van der Waals surface area contributed by atoms with E-state index in [4.69, 9.17) is 16.3 Å². The van der Waals surface area contributed by atoms with E-state index in [0.29, 0.717) is 5.02 Å². The number of β-amino-alcohol motifs (C(OH)–C–C–N with tert-alkyl or cyclic N) is 1.